The molecule has 0 heterocycles. The number of benzene rings is 2. The minimum Gasteiger partial charge on any atom is -0.493 e. The zero-order valence-corrected chi connectivity index (χ0v) is 13.9. The van der Waals surface area contributed by atoms with Crippen molar-refractivity contribution in [3.63, 3.8) is 0 Å². The minimum atomic E-state index is -1.10. The number of carbonyl (C=O) groups is 3. The fraction of sp³-hybridized carbons (Fsp3) is 0.211. The first kappa shape index (κ1) is 18.4. The highest BCUT2D eigenvalue weighted by Crippen LogP contribution is 2.34. The molecule has 0 saturated heterocycles. The molecule has 1 N–H and O–H groups in total. The van der Waals surface area contributed by atoms with Crippen LogP contribution in [0, 0.1) is 0 Å². The summed E-state index contributed by atoms with van der Waals surface area (Å²) < 4.78 is 10.4. The van der Waals surface area contributed by atoms with Crippen LogP contribution < -0.4 is 9.47 Å². The Labute approximate surface area is 145 Å². The van der Waals surface area contributed by atoms with E-state index >= 15 is 0 Å². The smallest absolute Gasteiger partial charge is 0.385 e. The average molecular weight is 342 g/mol. The fourth-order valence-corrected chi connectivity index (χ4v) is 2.37. The van der Waals surface area contributed by atoms with Crippen LogP contribution in [0.2, 0.25) is 0 Å². The van der Waals surface area contributed by atoms with E-state index in [1.165, 1.54) is 32.2 Å². The molecule has 25 heavy (non-hydrogen) atoms. The summed E-state index contributed by atoms with van der Waals surface area (Å²) in [5.74, 6) is -1.90. The lowest BCUT2D eigenvalue weighted by Gasteiger charge is -2.15. The highest BCUT2D eigenvalue weighted by atomic mass is 16.6. The van der Waals surface area contributed by atoms with Gasteiger partial charge in [-0.05, 0) is 18.6 Å². The van der Waals surface area contributed by atoms with Crippen LogP contribution in [0.5, 0.6) is 11.5 Å². The Hall–Kier alpha value is -2.99. The van der Waals surface area contributed by atoms with Gasteiger partial charge in [-0.25, -0.2) is 4.79 Å². The quantitative estimate of drug-likeness (QED) is 0.359. The second kappa shape index (κ2) is 8.21. The molecule has 0 amide bonds. The first-order valence-corrected chi connectivity index (χ1v) is 7.58. The van der Waals surface area contributed by atoms with Crippen LogP contribution in [0.4, 0.5) is 0 Å². The van der Waals surface area contributed by atoms with Gasteiger partial charge in [0, 0.05) is 17.5 Å². The Morgan fingerprint density at radius 1 is 1.04 bits per heavy atom. The molecule has 2 aromatic carbocycles. The monoisotopic (exact) mass is 342 g/mol. The van der Waals surface area contributed by atoms with Crippen molar-refractivity contribution in [3.05, 3.63) is 59.2 Å². The van der Waals surface area contributed by atoms with E-state index in [0.717, 1.165) is 0 Å². The molecule has 0 fully saturated rings. The van der Waals surface area contributed by atoms with E-state index in [2.05, 4.69) is 0 Å². The summed E-state index contributed by atoms with van der Waals surface area (Å²) in [5.41, 5.74) is 0.937. The predicted molar refractivity (Wildman–Crippen MR) is 89.7 cm³/mol. The van der Waals surface area contributed by atoms with Gasteiger partial charge in [0.1, 0.15) is 5.78 Å². The SMILES string of the molecule is COc1ccc(CC(C)=O)c(CO)c1OC(=O)C(=O)c1ccccc1. The number of aliphatic hydroxyl groups excluding tert-OH is 1. The molecule has 0 aromatic heterocycles. The van der Waals surface area contributed by atoms with Crippen LogP contribution >= 0.6 is 0 Å². The zero-order chi connectivity index (χ0) is 18.4. The second-order valence-electron chi connectivity index (χ2n) is 5.36. The summed E-state index contributed by atoms with van der Waals surface area (Å²) >= 11 is 0. The number of Topliss-reactive ketones (excluding diaryl/α,β-unsaturated/α-hetero) is 2. The molecule has 6 nitrogen and oxygen atoms in total. The van der Waals surface area contributed by atoms with Gasteiger partial charge >= 0.3 is 5.97 Å². The van der Waals surface area contributed by atoms with Crippen LogP contribution in [-0.4, -0.2) is 29.8 Å². The van der Waals surface area contributed by atoms with Crippen molar-refractivity contribution in [1.82, 2.24) is 0 Å². The number of esters is 1. The summed E-state index contributed by atoms with van der Waals surface area (Å²) in [6, 6.07) is 11.1. The average Bonchev–Trinajstić information content (AvgIpc) is 2.61. The zero-order valence-electron chi connectivity index (χ0n) is 13.9. The molecule has 0 unspecified atom stereocenters. The lowest BCUT2D eigenvalue weighted by Crippen LogP contribution is -2.21. The molecule has 0 saturated carbocycles. The van der Waals surface area contributed by atoms with E-state index in [1.54, 1.807) is 24.3 Å². The van der Waals surface area contributed by atoms with Gasteiger partial charge in [0.15, 0.2) is 11.5 Å². The molecule has 0 atom stereocenters. The van der Waals surface area contributed by atoms with E-state index in [9.17, 15) is 19.5 Å². The number of aliphatic hydroxyl groups is 1. The maximum Gasteiger partial charge on any atom is 0.385 e. The maximum absolute atomic E-state index is 12.2. The Morgan fingerprint density at radius 3 is 2.28 bits per heavy atom. The molecule has 0 aliphatic carbocycles. The normalized spacial score (nSPS) is 10.2. The number of ether oxygens (including phenoxy) is 2. The van der Waals surface area contributed by atoms with Crippen molar-refractivity contribution < 1.29 is 29.0 Å². The van der Waals surface area contributed by atoms with Gasteiger partial charge < -0.3 is 14.6 Å². The topological polar surface area (TPSA) is 89.9 Å². The van der Waals surface area contributed by atoms with Crippen molar-refractivity contribution in [3.8, 4) is 11.5 Å². The molecule has 0 spiro atoms. The van der Waals surface area contributed by atoms with Gasteiger partial charge in [-0.3, -0.25) is 9.59 Å². The molecule has 0 aliphatic rings. The van der Waals surface area contributed by atoms with Gasteiger partial charge in [-0.1, -0.05) is 36.4 Å². The summed E-state index contributed by atoms with van der Waals surface area (Å²) in [6.07, 6.45) is 0.0665. The van der Waals surface area contributed by atoms with Crippen LogP contribution in [0.3, 0.4) is 0 Å². The number of rotatable bonds is 7. The van der Waals surface area contributed by atoms with Crippen LogP contribution in [0.25, 0.3) is 0 Å². The minimum absolute atomic E-state index is 0.0574. The van der Waals surface area contributed by atoms with E-state index in [-0.39, 0.29) is 34.8 Å². The lowest BCUT2D eigenvalue weighted by atomic mass is 10.0. The second-order valence-corrected chi connectivity index (χ2v) is 5.36. The first-order chi connectivity index (χ1) is 12.0. The Morgan fingerprint density at radius 2 is 1.72 bits per heavy atom. The van der Waals surface area contributed by atoms with E-state index in [1.807, 2.05) is 0 Å². The highest BCUT2D eigenvalue weighted by Gasteiger charge is 2.24. The third kappa shape index (κ3) is 4.30. The standard InChI is InChI=1S/C19H18O6/c1-12(21)10-14-8-9-16(24-2)18(15(14)11-20)25-19(23)17(22)13-6-4-3-5-7-13/h3-9,20H,10-11H2,1-2H3. The lowest BCUT2D eigenvalue weighted by molar-refractivity contribution is -0.129. The summed E-state index contributed by atoms with van der Waals surface area (Å²) in [5, 5.41) is 9.66. The van der Waals surface area contributed by atoms with Crippen LogP contribution in [0.15, 0.2) is 42.5 Å². The Bertz CT molecular complexity index is 795. The van der Waals surface area contributed by atoms with Crippen LogP contribution in [0.1, 0.15) is 28.4 Å². The Kier molecular flexibility index (Phi) is 6.03. The van der Waals surface area contributed by atoms with Crippen LogP contribution in [-0.2, 0) is 22.6 Å². The molecule has 0 radical (unpaired) electrons. The van der Waals surface area contributed by atoms with Crippen molar-refractivity contribution in [2.45, 2.75) is 20.0 Å². The number of hydrogen-bond acceptors (Lipinski definition) is 6. The van der Waals surface area contributed by atoms with E-state index in [4.69, 9.17) is 9.47 Å². The molecular formula is C19H18O6. The third-order valence-corrected chi connectivity index (χ3v) is 3.55. The first-order valence-electron chi connectivity index (χ1n) is 7.58. The Balaban J connectivity index is 2.38. The van der Waals surface area contributed by atoms with Crippen molar-refractivity contribution in [1.29, 1.82) is 0 Å². The maximum atomic E-state index is 12.2. The molecule has 6 heteroatoms. The molecule has 130 valence electrons. The number of carbonyl (C=O) groups excluding carboxylic acids is 3. The predicted octanol–water partition coefficient (Wildman–Crippen LogP) is 2.11. The number of methoxy groups -OCH3 is 1. The van der Waals surface area contributed by atoms with E-state index in [0.29, 0.717) is 5.56 Å². The fourth-order valence-electron chi connectivity index (χ4n) is 2.37. The van der Waals surface area contributed by atoms with Gasteiger partial charge in [-0.15, -0.1) is 0 Å². The van der Waals surface area contributed by atoms with Crippen molar-refractivity contribution >= 4 is 17.5 Å². The molecule has 2 rings (SSSR count). The molecule has 2 aromatic rings. The number of ketones is 2. The largest absolute Gasteiger partial charge is 0.493 e. The highest BCUT2D eigenvalue weighted by molar-refractivity contribution is 6.41. The molecule has 0 aliphatic heterocycles. The van der Waals surface area contributed by atoms with Crippen molar-refractivity contribution in [2.24, 2.45) is 0 Å². The summed E-state index contributed by atoms with van der Waals surface area (Å²) in [7, 11) is 1.37. The molecular weight excluding hydrogens is 324 g/mol. The number of hydrogen-bond donors (Lipinski definition) is 1. The summed E-state index contributed by atoms with van der Waals surface area (Å²) in [4.78, 5) is 35.8. The van der Waals surface area contributed by atoms with Gasteiger partial charge in [0.25, 0.3) is 5.78 Å². The molecule has 0 bridgehead atoms. The van der Waals surface area contributed by atoms with Crippen molar-refractivity contribution in [2.75, 3.05) is 7.11 Å². The van der Waals surface area contributed by atoms with Gasteiger partial charge in [-0.2, -0.15) is 0 Å². The summed E-state index contributed by atoms with van der Waals surface area (Å²) in [6.45, 7) is 0.942. The third-order valence-electron chi connectivity index (χ3n) is 3.55. The van der Waals surface area contributed by atoms with Gasteiger partial charge in [0.05, 0.1) is 13.7 Å². The van der Waals surface area contributed by atoms with E-state index < -0.39 is 18.4 Å². The van der Waals surface area contributed by atoms with Gasteiger partial charge in [0.2, 0.25) is 0 Å².